The van der Waals surface area contributed by atoms with Crippen LogP contribution in [0.15, 0.2) is 43.0 Å². The lowest BCUT2D eigenvalue weighted by Gasteiger charge is -2.30. The van der Waals surface area contributed by atoms with E-state index in [9.17, 15) is 5.21 Å². The number of hydroxylamine groups is 1. The number of imidazole rings is 1. The van der Waals surface area contributed by atoms with E-state index >= 15 is 0 Å². The van der Waals surface area contributed by atoms with Crippen molar-refractivity contribution in [2.45, 2.75) is 65.1 Å². The Morgan fingerprint density at radius 1 is 1.08 bits per heavy atom. The van der Waals surface area contributed by atoms with E-state index in [4.69, 9.17) is 4.74 Å². The van der Waals surface area contributed by atoms with Crippen LogP contribution in [0.4, 0.5) is 5.69 Å². The first-order chi connectivity index (χ1) is 12.1. The molecule has 0 amide bonds. The highest BCUT2D eigenvalue weighted by Crippen LogP contribution is 2.29. The lowest BCUT2D eigenvalue weighted by atomic mass is 9.97. The van der Waals surface area contributed by atoms with Crippen LogP contribution in [0.1, 0.15) is 53.0 Å². The average Bonchev–Trinajstić information content (AvgIpc) is 2.98. The maximum Gasteiger partial charge on any atom is 0.243 e. The van der Waals surface area contributed by atoms with Crippen LogP contribution in [0, 0.1) is 0 Å². The molecule has 1 radical (unpaired) electrons. The number of rotatable bonds is 8. The molecular formula is C21H33N3O2+. The molecule has 0 atom stereocenters. The largest absolute Gasteiger partial charge is 0.371 e. The fourth-order valence-corrected chi connectivity index (χ4v) is 2.83. The first-order valence-electron chi connectivity index (χ1n) is 9.32. The number of unbranched alkanes of at least 4 members (excludes halogenated alkanes) is 1. The molecule has 0 spiro atoms. The van der Waals surface area contributed by atoms with Gasteiger partial charge in [0.25, 0.3) is 0 Å². The molecule has 0 N–H and O–H groups in total. The minimum atomic E-state index is -0.440. The Morgan fingerprint density at radius 3 is 2.27 bits per heavy atom. The van der Waals surface area contributed by atoms with Crippen molar-refractivity contribution in [1.29, 1.82) is 0 Å². The molecule has 0 aliphatic carbocycles. The van der Waals surface area contributed by atoms with Gasteiger partial charge in [0.1, 0.15) is 12.4 Å². The highest BCUT2D eigenvalue weighted by atomic mass is 16.5. The third-order valence-electron chi connectivity index (χ3n) is 4.50. The smallest absolute Gasteiger partial charge is 0.243 e. The quantitative estimate of drug-likeness (QED) is 0.406. The van der Waals surface area contributed by atoms with E-state index in [1.165, 1.54) is 0 Å². The second-order valence-corrected chi connectivity index (χ2v) is 8.39. The molecule has 26 heavy (non-hydrogen) atoms. The Hall–Kier alpha value is -1.85. The van der Waals surface area contributed by atoms with Gasteiger partial charge in [-0.05, 0) is 65.2 Å². The van der Waals surface area contributed by atoms with E-state index < -0.39 is 5.54 Å². The molecule has 0 aliphatic rings. The van der Waals surface area contributed by atoms with E-state index in [0.717, 1.165) is 36.6 Å². The van der Waals surface area contributed by atoms with Crippen LogP contribution in [-0.4, -0.2) is 16.7 Å². The summed E-state index contributed by atoms with van der Waals surface area (Å²) in [6.45, 7) is 11.6. The molecule has 1 heterocycles. The van der Waals surface area contributed by atoms with E-state index in [-0.39, 0.29) is 5.60 Å². The highest BCUT2D eigenvalue weighted by Gasteiger charge is 2.24. The van der Waals surface area contributed by atoms with Gasteiger partial charge in [-0.3, -0.25) is 0 Å². The second kappa shape index (κ2) is 8.23. The minimum absolute atomic E-state index is 0.367. The van der Waals surface area contributed by atoms with Gasteiger partial charge in [0.15, 0.2) is 0 Å². The van der Waals surface area contributed by atoms with Crippen LogP contribution in [0.3, 0.4) is 0 Å². The first kappa shape index (κ1) is 20.5. The van der Waals surface area contributed by atoms with E-state index in [2.05, 4.69) is 30.9 Å². The topological polar surface area (TPSA) is 41.2 Å². The van der Waals surface area contributed by atoms with Gasteiger partial charge >= 0.3 is 0 Å². The SMILES string of the molecule is C[n+]1ccn(CCCCOC(C)(C)c2ccc(N([O])C(C)(C)C)cc2)c1. The predicted molar refractivity (Wildman–Crippen MR) is 103 cm³/mol. The highest BCUT2D eigenvalue weighted by molar-refractivity contribution is 5.47. The fourth-order valence-electron chi connectivity index (χ4n) is 2.83. The van der Waals surface area contributed by atoms with Crippen LogP contribution in [0.25, 0.3) is 0 Å². The summed E-state index contributed by atoms with van der Waals surface area (Å²) in [5, 5.41) is 13.3. The maximum atomic E-state index is 12.3. The number of hydrogen-bond donors (Lipinski definition) is 0. The van der Waals surface area contributed by atoms with Crippen LogP contribution < -0.4 is 9.63 Å². The molecule has 0 fully saturated rings. The van der Waals surface area contributed by atoms with Gasteiger partial charge in [-0.1, -0.05) is 17.3 Å². The molecule has 1 aromatic heterocycles. The van der Waals surface area contributed by atoms with Crippen molar-refractivity contribution in [1.82, 2.24) is 4.57 Å². The Labute approximate surface area is 157 Å². The fraction of sp³-hybridized carbons (Fsp3) is 0.571. The van der Waals surface area contributed by atoms with Crippen molar-refractivity contribution in [2.75, 3.05) is 11.7 Å². The number of aryl methyl sites for hydroxylation is 2. The van der Waals surface area contributed by atoms with Gasteiger partial charge in [-0.15, -0.1) is 0 Å². The number of ether oxygens (including phenoxy) is 1. The van der Waals surface area contributed by atoms with Crippen molar-refractivity contribution >= 4 is 5.69 Å². The van der Waals surface area contributed by atoms with Gasteiger partial charge in [0.05, 0.1) is 30.4 Å². The van der Waals surface area contributed by atoms with Crippen molar-refractivity contribution in [3.63, 3.8) is 0 Å². The molecule has 2 aromatic rings. The second-order valence-electron chi connectivity index (χ2n) is 8.39. The molecular weight excluding hydrogens is 326 g/mol. The van der Waals surface area contributed by atoms with Crippen molar-refractivity contribution < 1.29 is 14.5 Å². The summed E-state index contributed by atoms with van der Waals surface area (Å²) >= 11 is 0. The average molecular weight is 360 g/mol. The zero-order chi connectivity index (χ0) is 19.4. The zero-order valence-electron chi connectivity index (χ0n) is 17.0. The Balaban J connectivity index is 1.83. The summed E-state index contributed by atoms with van der Waals surface area (Å²) in [6.07, 6.45) is 8.32. The molecule has 0 saturated carbocycles. The Morgan fingerprint density at radius 2 is 1.73 bits per heavy atom. The number of hydrogen-bond acceptors (Lipinski definition) is 2. The van der Waals surface area contributed by atoms with Crippen LogP contribution in [-0.2, 0) is 29.1 Å². The normalized spacial score (nSPS) is 12.4. The molecule has 0 unspecified atom stereocenters. The molecule has 0 saturated heterocycles. The molecule has 0 aliphatic heterocycles. The molecule has 0 bridgehead atoms. The Kier molecular flexibility index (Phi) is 6.48. The van der Waals surface area contributed by atoms with Gasteiger partial charge in [0.2, 0.25) is 6.33 Å². The Bertz CT molecular complexity index is 684. The summed E-state index contributed by atoms with van der Waals surface area (Å²) < 4.78 is 10.4. The zero-order valence-corrected chi connectivity index (χ0v) is 17.0. The number of aromatic nitrogens is 2. The summed E-state index contributed by atoms with van der Waals surface area (Å²) in [6, 6.07) is 7.74. The third kappa shape index (κ3) is 5.58. The van der Waals surface area contributed by atoms with Gasteiger partial charge in [0, 0.05) is 6.61 Å². The third-order valence-corrected chi connectivity index (χ3v) is 4.50. The standard InChI is InChI=1S/C21H33N3O2/c1-20(2,3)24(25)19-11-9-18(10-12-19)21(4,5)26-16-8-7-13-23-15-14-22(6)17-23/h9-12,14-15,17H,7-8,13,16H2,1-6H3/q+1. The van der Waals surface area contributed by atoms with E-state index in [1.54, 1.807) is 0 Å². The van der Waals surface area contributed by atoms with Crippen molar-refractivity contribution in [3.05, 3.63) is 48.5 Å². The maximum absolute atomic E-state index is 12.3. The molecule has 5 nitrogen and oxygen atoms in total. The van der Waals surface area contributed by atoms with Gasteiger partial charge < -0.3 is 4.74 Å². The molecule has 143 valence electrons. The van der Waals surface area contributed by atoms with E-state index in [1.807, 2.05) is 62.8 Å². The van der Waals surface area contributed by atoms with Crippen molar-refractivity contribution in [3.8, 4) is 0 Å². The first-order valence-corrected chi connectivity index (χ1v) is 9.32. The van der Waals surface area contributed by atoms with Crippen LogP contribution >= 0.6 is 0 Å². The summed E-state index contributed by atoms with van der Waals surface area (Å²) in [5.74, 6) is 0. The lowest BCUT2D eigenvalue weighted by Crippen LogP contribution is -2.37. The van der Waals surface area contributed by atoms with E-state index in [0.29, 0.717) is 5.69 Å². The van der Waals surface area contributed by atoms with Crippen LogP contribution in [0.5, 0.6) is 0 Å². The summed E-state index contributed by atoms with van der Waals surface area (Å²) in [4.78, 5) is 0. The summed E-state index contributed by atoms with van der Waals surface area (Å²) in [7, 11) is 2.03. The lowest BCUT2D eigenvalue weighted by molar-refractivity contribution is -0.671. The number of nitrogens with zero attached hydrogens (tertiary/aromatic N) is 3. The van der Waals surface area contributed by atoms with Crippen molar-refractivity contribution in [2.24, 2.45) is 7.05 Å². The van der Waals surface area contributed by atoms with Crippen LogP contribution in [0.2, 0.25) is 0 Å². The van der Waals surface area contributed by atoms with Gasteiger partial charge in [-0.25, -0.2) is 14.2 Å². The molecule has 1 aromatic carbocycles. The minimum Gasteiger partial charge on any atom is -0.371 e. The predicted octanol–water partition coefficient (Wildman–Crippen LogP) is 4.00. The number of anilines is 1. The number of benzene rings is 1. The molecule has 2 rings (SSSR count). The summed E-state index contributed by atoms with van der Waals surface area (Å²) in [5.41, 5.74) is 0.955. The molecule has 5 heteroatoms. The van der Waals surface area contributed by atoms with Gasteiger partial charge in [-0.2, -0.15) is 0 Å². The monoisotopic (exact) mass is 359 g/mol.